The van der Waals surface area contributed by atoms with E-state index in [4.69, 9.17) is 15.2 Å². The molecule has 2 heterocycles. The van der Waals surface area contributed by atoms with Crippen LogP contribution in [0.1, 0.15) is 0 Å². The first kappa shape index (κ1) is 10.1. The van der Waals surface area contributed by atoms with Crippen LogP contribution in [0, 0.1) is 0 Å². The van der Waals surface area contributed by atoms with E-state index in [0.717, 1.165) is 0 Å². The van der Waals surface area contributed by atoms with E-state index in [1.54, 1.807) is 7.05 Å². The third-order valence-electron chi connectivity index (χ3n) is 1.56. The lowest BCUT2D eigenvalue weighted by Crippen LogP contribution is -2.03. The third-order valence-corrected chi connectivity index (χ3v) is 1.56. The summed E-state index contributed by atoms with van der Waals surface area (Å²) in [6, 6.07) is 0.170. The Balaban J connectivity index is 2.24. The smallest absolute Gasteiger partial charge is 0.343 e. The monoisotopic (exact) mass is 223 g/mol. The predicted molar refractivity (Wildman–Crippen MR) is 51.9 cm³/mol. The molecule has 2 N–H and O–H groups in total. The van der Waals surface area contributed by atoms with Gasteiger partial charge in [-0.1, -0.05) is 0 Å². The average Bonchev–Trinajstić information content (AvgIpc) is 2.63. The zero-order valence-corrected chi connectivity index (χ0v) is 8.65. The summed E-state index contributed by atoms with van der Waals surface area (Å²) >= 11 is 0. The van der Waals surface area contributed by atoms with E-state index >= 15 is 0 Å². The summed E-state index contributed by atoms with van der Waals surface area (Å²) in [6.07, 6.45) is 1.48. The van der Waals surface area contributed by atoms with Gasteiger partial charge in [0.2, 0.25) is 5.95 Å². The van der Waals surface area contributed by atoms with E-state index < -0.39 is 0 Å². The van der Waals surface area contributed by atoms with Gasteiger partial charge in [0, 0.05) is 7.05 Å². The first-order valence-corrected chi connectivity index (χ1v) is 4.26. The Morgan fingerprint density at radius 1 is 1.19 bits per heavy atom. The minimum Gasteiger partial charge on any atom is -0.467 e. The van der Waals surface area contributed by atoms with Crippen molar-refractivity contribution in [1.82, 2.24) is 29.7 Å². The summed E-state index contributed by atoms with van der Waals surface area (Å²) < 4.78 is 11.5. The zero-order chi connectivity index (χ0) is 11.5. The first-order chi connectivity index (χ1) is 7.67. The minimum atomic E-state index is -0.0180. The standard InChI is InChI=1S/C7H9N7O2/c1-14-3-9-5(13-14)16-7-11-4(8)10-6(12-7)15-2/h3H,1-2H3,(H2,8,10,11,12). The van der Waals surface area contributed by atoms with E-state index in [0.29, 0.717) is 0 Å². The van der Waals surface area contributed by atoms with Gasteiger partial charge in [-0.25, -0.2) is 0 Å². The first-order valence-electron chi connectivity index (χ1n) is 4.26. The molecule has 0 bridgehead atoms. The van der Waals surface area contributed by atoms with Gasteiger partial charge in [-0.15, -0.1) is 10.1 Å². The van der Waals surface area contributed by atoms with Crippen molar-refractivity contribution in [1.29, 1.82) is 0 Å². The predicted octanol–water partition coefficient (Wildman–Crippen LogP) is -0.617. The van der Waals surface area contributed by atoms with Crippen LogP contribution in [-0.2, 0) is 7.05 Å². The van der Waals surface area contributed by atoms with Gasteiger partial charge in [0.05, 0.1) is 7.11 Å². The highest BCUT2D eigenvalue weighted by molar-refractivity contribution is 5.21. The fourth-order valence-electron chi connectivity index (χ4n) is 0.938. The number of nitrogens with two attached hydrogens (primary N) is 1. The van der Waals surface area contributed by atoms with Gasteiger partial charge in [-0.3, -0.25) is 4.68 Å². The van der Waals surface area contributed by atoms with Crippen LogP contribution in [0.25, 0.3) is 0 Å². The average molecular weight is 223 g/mol. The minimum absolute atomic E-state index is 0.00205. The Hall–Kier alpha value is -2.45. The molecule has 9 nitrogen and oxygen atoms in total. The summed E-state index contributed by atoms with van der Waals surface area (Å²) in [6.45, 7) is 0. The number of nitrogens with zero attached hydrogens (tertiary/aromatic N) is 6. The van der Waals surface area contributed by atoms with Crippen molar-refractivity contribution in [2.24, 2.45) is 7.05 Å². The molecule has 0 aliphatic heterocycles. The van der Waals surface area contributed by atoms with Gasteiger partial charge in [0.1, 0.15) is 6.33 Å². The lowest BCUT2D eigenvalue weighted by atomic mass is 10.9. The van der Waals surface area contributed by atoms with Crippen LogP contribution < -0.4 is 15.2 Å². The summed E-state index contributed by atoms with van der Waals surface area (Å²) in [5, 5.41) is 3.89. The molecule has 0 saturated heterocycles. The molecular weight excluding hydrogens is 214 g/mol. The third kappa shape index (κ3) is 2.13. The molecule has 9 heteroatoms. The van der Waals surface area contributed by atoms with E-state index in [1.807, 2.05) is 0 Å². The molecule has 0 spiro atoms. The number of aryl methyl sites for hydroxylation is 1. The van der Waals surface area contributed by atoms with Crippen molar-refractivity contribution >= 4 is 5.95 Å². The lowest BCUT2D eigenvalue weighted by Gasteiger charge is -2.01. The van der Waals surface area contributed by atoms with Crippen LogP contribution >= 0.6 is 0 Å². The van der Waals surface area contributed by atoms with Gasteiger partial charge in [-0.2, -0.15) is 15.0 Å². The maximum Gasteiger partial charge on any atom is 0.343 e. The second kappa shape index (κ2) is 3.96. The van der Waals surface area contributed by atoms with Crippen molar-refractivity contribution in [2.45, 2.75) is 0 Å². The quantitative estimate of drug-likeness (QED) is 0.732. The van der Waals surface area contributed by atoms with E-state index in [9.17, 15) is 0 Å². The van der Waals surface area contributed by atoms with Crippen LogP contribution in [0.4, 0.5) is 5.95 Å². The van der Waals surface area contributed by atoms with Gasteiger partial charge < -0.3 is 15.2 Å². The second-order valence-electron chi connectivity index (χ2n) is 2.77. The molecule has 0 aromatic carbocycles. The van der Waals surface area contributed by atoms with Gasteiger partial charge >= 0.3 is 18.0 Å². The van der Waals surface area contributed by atoms with Gasteiger partial charge in [0.15, 0.2) is 0 Å². The highest BCUT2D eigenvalue weighted by atomic mass is 16.5. The van der Waals surface area contributed by atoms with Crippen molar-refractivity contribution in [3.63, 3.8) is 0 Å². The number of methoxy groups -OCH3 is 1. The Bertz CT molecular complexity index is 497. The number of ether oxygens (including phenoxy) is 2. The normalized spacial score (nSPS) is 10.1. The Kier molecular flexibility index (Phi) is 2.50. The summed E-state index contributed by atoms with van der Waals surface area (Å²) in [5.41, 5.74) is 5.43. The lowest BCUT2D eigenvalue weighted by molar-refractivity contribution is 0.352. The van der Waals surface area contributed by atoms with E-state index in [2.05, 4.69) is 25.0 Å². The maximum atomic E-state index is 5.43. The molecule has 2 aromatic rings. The SMILES string of the molecule is COc1nc(N)nc(Oc2ncn(C)n2)n1. The molecule has 0 fully saturated rings. The fourth-order valence-corrected chi connectivity index (χ4v) is 0.938. The van der Waals surface area contributed by atoms with Crippen LogP contribution in [-0.4, -0.2) is 36.8 Å². The van der Waals surface area contributed by atoms with Crippen LogP contribution in [0.5, 0.6) is 18.0 Å². The molecule has 0 saturated carbocycles. The second-order valence-corrected chi connectivity index (χ2v) is 2.77. The Morgan fingerprint density at radius 2 is 1.94 bits per heavy atom. The summed E-state index contributed by atoms with van der Waals surface area (Å²) in [7, 11) is 3.12. The van der Waals surface area contributed by atoms with Gasteiger partial charge in [-0.05, 0) is 0 Å². The molecule has 2 aromatic heterocycles. The van der Waals surface area contributed by atoms with E-state index in [1.165, 1.54) is 18.1 Å². The number of anilines is 1. The van der Waals surface area contributed by atoms with Crippen molar-refractivity contribution < 1.29 is 9.47 Å². The maximum absolute atomic E-state index is 5.43. The summed E-state index contributed by atoms with van der Waals surface area (Å²) in [5.74, 6) is -0.00205. The largest absolute Gasteiger partial charge is 0.467 e. The molecule has 0 atom stereocenters. The highest BCUT2D eigenvalue weighted by Crippen LogP contribution is 2.15. The van der Waals surface area contributed by atoms with Crippen LogP contribution in [0.2, 0.25) is 0 Å². The fraction of sp³-hybridized carbons (Fsp3) is 0.286. The zero-order valence-electron chi connectivity index (χ0n) is 8.65. The molecule has 0 unspecified atom stereocenters. The highest BCUT2D eigenvalue weighted by Gasteiger charge is 2.08. The number of hydrogen-bond acceptors (Lipinski definition) is 8. The van der Waals surface area contributed by atoms with Crippen LogP contribution in [0.15, 0.2) is 6.33 Å². The number of aromatic nitrogens is 6. The number of nitrogen functional groups attached to an aromatic ring is 1. The molecule has 84 valence electrons. The molecule has 2 rings (SSSR count). The summed E-state index contributed by atoms with van der Waals surface area (Å²) in [4.78, 5) is 15.1. The molecule has 0 aliphatic carbocycles. The van der Waals surface area contributed by atoms with Crippen molar-refractivity contribution in [3.8, 4) is 18.0 Å². The molecular formula is C7H9N7O2. The topological polar surface area (TPSA) is 114 Å². The van der Waals surface area contributed by atoms with Crippen LogP contribution in [0.3, 0.4) is 0 Å². The van der Waals surface area contributed by atoms with Crippen molar-refractivity contribution in [3.05, 3.63) is 6.33 Å². The Labute approximate surface area is 90.3 Å². The Morgan fingerprint density at radius 3 is 2.56 bits per heavy atom. The molecule has 0 radical (unpaired) electrons. The molecule has 0 aliphatic rings. The van der Waals surface area contributed by atoms with Crippen molar-refractivity contribution in [2.75, 3.05) is 12.8 Å². The molecule has 16 heavy (non-hydrogen) atoms. The van der Waals surface area contributed by atoms with E-state index in [-0.39, 0.29) is 24.0 Å². The molecule has 0 amide bonds. The number of rotatable bonds is 3. The number of hydrogen-bond donors (Lipinski definition) is 1. The van der Waals surface area contributed by atoms with Gasteiger partial charge in [0.25, 0.3) is 0 Å².